The minimum absolute atomic E-state index is 0.0917. The Bertz CT molecular complexity index is 795. The second kappa shape index (κ2) is 12.4. The summed E-state index contributed by atoms with van der Waals surface area (Å²) in [6.07, 6.45) is 1.96. The van der Waals surface area contributed by atoms with Crippen molar-refractivity contribution in [3.8, 4) is 5.75 Å². The molecule has 0 atom stereocenters. The zero-order chi connectivity index (χ0) is 20.9. The van der Waals surface area contributed by atoms with E-state index in [-0.39, 0.29) is 18.4 Å². The number of benzene rings is 2. The third-order valence-electron chi connectivity index (χ3n) is 4.07. The number of amides is 2. The monoisotopic (exact) mass is 399 g/mol. The van der Waals surface area contributed by atoms with Crippen LogP contribution in [0.5, 0.6) is 5.75 Å². The third kappa shape index (κ3) is 8.23. The van der Waals surface area contributed by atoms with Gasteiger partial charge < -0.3 is 25.4 Å². The summed E-state index contributed by atoms with van der Waals surface area (Å²) in [5.41, 5.74) is 1.88. The molecule has 0 spiro atoms. The van der Waals surface area contributed by atoms with Crippen molar-refractivity contribution in [1.29, 1.82) is 0 Å². The summed E-state index contributed by atoms with van der Waals surface area (Å²) in [5, 5.41) is 8.73. The molecule has 0 aliphatic rings. The molecule has 0 saturated heterocycles. The maximum atomic E-state index is 12.3. The van der Waals surface area contributed by atoms with Crippen molar-refractivity contribution in [2.24, 2.45) is 0 Å². The van der Waals surface area contributed by atoms with Gasteiger partial charge in [-0.05, 0) is 36.8 Å². The number of hydrogen-bond acceptors (Lipinski definition) is 5. The first-order chi connectivity index (χ1) is 14.1. The molecule has 7 heteroatoms. The van der Waals surface area contributed by atoms with Crippen molar-refractivity contribution in [2.45, 2.75) is 19.8 Å². The lowest BCUT2D eigenvalue weighted by Gasteiger charge is -2.11. The molecule has 0 radical (unpaired) electrons. The fourth-order valence-corrected chi connectivity index (χ4v) is 2.55. The molecular formula is C22H29N3O4. The summed E-state index contributed by atoms with van der Waals surface area (Å²) in [7, 11) is 1.62. The molecule has 2 aromatic rings. The van der Waals surface area contributed by atoms with Crippen LogP contribution in [0.4, 0.5) is 11.4 Å². The number of methoxy groups -OCH3 is 1. The second-order valence-corrected chi connectivity index (χ2v) is 6.46. The second-order valence-electron chi connectivity index (χ2n) is 6.46. The van der Waals surface area contributed by atoms with E-state index < -0.39 is 0 Å². The normalized spacial score (nSPS) is 10.3. The van der Waals surface area contributed by atoms with Crippen LogP contribution in [-0.2, 0) is 9.53 Å². The van der Waals surface area contributed by atoms with Crippen LogP contribution in [0.25, 0.3) is 0 Å². The van der Waals surface area contributed by atoms with Gasteiger partial charge in [0, 0.05) is 36.7 Å². The van der Waals surface area contributed by atoms with Gasteiger partial charge in [0.2, 0.25) is 5.91 Å². The summed E-state index contributed by atoms with van der Waals surface area (Å²) in [6.45, 7) is 3.78. The van der Waals surface area contributed by atoms with E-state index in [0.29, 0.717) is 36.8 Å². The quantitative estimate of drug-likeness (QED) is 0.477. The summed E-state index contributed by atoms with van der Waals surface area (Å²) >= 11 is 0. The molecule has 2 aromatic carbocycles. The van der Waals surface area contributed by atoms with Gasteiger partial charge in [-0.15, -0.1) is 0 Å². The molecule has 0 bridgehead atoms. The Balaban J connectivity index is 1.84. The molecule has 0 saturated carbocycles. The number of anilines is 2. The van der Waals surface area contributed by atoms with Gasteiger partial charge in [0.05, 0.1) is 13.2 Å². The third-order valence-corrected chi connectivity index (χ3v) is 4.07. The molecule has 2 amide bonds. The van der Waals surface area contributed by atoms with Crippen LogP contribution in [0.3, 0.4) is 0 Å². The van der Waals surface area contributed by atoms with Crippen LogP contribution in [0.1, 0.15) is 30.1 Å². The number of unbranched alkanes of at least 4 members (excludes halogenated alkanes) is 1. The average Bonchev–Trinajstić information content (AvgIpc) is 2.73. The maximum Gasteiger partial charge on any atom is 0.251 e. The lowest BCUT2D eigenvalue weighted by atomic mass is 10.2. The number of nitrogens with one attached hydrogen (secondary N) is 3. The largest absolute Gasteiger partial charge is 0.491 e. The van der Waals surface area contributed by atoms with Crippen LogP contribution in [0.2, 0.25) is 0 Å². The molecule has 0 heterocycles. The number of hydrogen-bond donors (Lipinski definition) is 3. The van der Waals surface area contributed by atoms with Gasteiger partial charge in [-0.1, -0.05) is 25.5 Å². The molecule has 3 N–H and O–H groups in total. The minimum atomic E-state index is -0.209. The van der Waals surface area contributed by atoms with Crippen molar-refractivity contribution in [3.05, 3.63) is 54.1 Å². The van der Waals surface area contributed by atoms with Gasteiger partial charge in [-0.3, -0.25) is 9.59 Å². The SMILES string of the molecule is CCCCNC(=O)c1cccc(NC(=O)CNc2cccc(OCCOC)c2)c1. The van der Waals surface area contributed by atoms with Gasteiger partial charge >= 0.3 is 0 Å². The summed E-state index contributed by atoms with van der Waals surface area (Å²) < 4.78 is 10.5. The molecule has 2 rings (SSSR count). The Morgan fingerprint density at radius 3 is 2.59 bits per heavy atom. The lowest BCUT2D eigenvalue weighted by molar-refractivity contribution is -0.114. The summed E-state index contributed by atoms with van der Waals surface area (Å²) in [4.78, 5) is 24.4. The zero-order valence-electron chi connectivity index (χ0n) is 17.0. The maximum absolute atomic E-state index is 12.3. The van der Waals surface area contributed by atoms with Crippen molar-refractivity contribution in [1.82, 2.24) is 5.32 Å². The molecule has 0 fully saturated rings. The summed E-state index contributed by atoms with van der Waals surface area (Å²) in [5.74, 6) is 0.353. The first-order valence-electron chi connectivity index (χ1n) is 9.76. The van der Waals surface area contributed by atoms with E-state index in [0.717, 1.165) is 18.5 Å². The smallest absolute Gasteiger partial charge is 0.251 e. The molecule has 0 aliphatic heterocycles. The molecule has 7 nitrogen and oxygen atoms in total. The number of carbonyl (C=O) groups is 2. The van der Waals surface area contributed by atoms with Crippen LogP contribution in [-0.4, -0.2) is 45.2 Å². The fourth-order valence-electron chi connectivity index (χ4n) is 2.55. The Kier molecular flexibility index (Phi) is 9.51. The van der Waals surface area contributed by atoms with Gasteiger partial charge in [-0.2, -0.15) is 0 Å². The van der Waals surface area contributed by atoms with E-state index in [9.17, 15) is 9.59 Å². The van der Waals surface area contributed by atoms with E-state index in [4.69, 9.17) is 9.47 Å². The molecule has 156 valence electrons. The topological polar surface area (TPSA) is 88.7 Å². The lowest BCUT2D eigenvalue weighted by Crippen LogP contribution is -2.25. The van der Waals surface area contributed by atoms with Crippen LogP contribution in [0.15, 0.2) is 48.5 Å². The highest BCUT2D eigenvalue weighted by Gasteiger charge is 2.08. The number of ether oxygens (including phenoxy) is 2. The van der Waals surface area contributed by atoms with E-state index in [2.05, 4.69) is 22.9 Å². The zero-order valence-corrected chi connectivity index (χ0v) is 17.0. The Morgan fingerprint density at radius 2 is 1.79 bits per heavy atom. The average molecular weight is 399 g/mol. The van der Waals surface area contributed by atoms with Crippen LogP contribution in [0, 0.1) is 0 Å². The van der Waals surface area contributed by atoms with Gasteiger partial charge in [0.25, 0.3) is 5.91 Å². The minimum Gasteiger partial charge on any atom is -0.491 e. The number of rotatable bonds is 12. The molecular weight excluding hydrogens is 370 g/mol. The van der Waals surface area contributed by atoms with Crippen LogP contribution < -0.4 is 20.7 Å². The molecule has 0 aliphatic carbocycles. The van der Waals surface area contributed by atoms with E-state index >= 15 is 0 Å². The van der Waals surface area contributed by atoms with Gasteiger partial charge in [0.15, 0.2) is 0 Å². The predicted molar refractivity (Wildman–Crippen MR) is 115 cm³/mol. The Labute approximate surface area is 171 Å². The Hall–Kier alpha value is -3.06. The van der Waals surface area contributed by atoms with Crippen molar-refractivity contribution in [3.63, 3.8) is 0 Å². The van der Waals surface area contributed by atoms with E-state index in [1.807, 2.05) is 24.3 Å². The Morgan fingerprint density at radius 1 is 1.00 bits per heavy atom. The molecule has 0 aromatic heterocycles. The van der Waals surface area contributed by atoms with Crippen molar-refractivity contribution < 1.29 is 19.1 Å². The van der Waals surface area contributed by atoms with Crippen LogP contribution >= 0.6 is 0 Å². The summed E-state index contributed by atoms with van der Waals surface area (Å²) in [6, 6.07) is 14.3. The predicted octanol–water partition coefficient (Wildman–Crippen LogP) is 3.29. The number of carbonyl (C=O) groups excluding carboxylic acids is 2. The highest BCUT2D eigenvalue weighted by atomic mass is 16.5. The van der Waals surface area contributed by atoms with Crippen molar-refractivity contribution >= 4 is 23.2 Å². The molecule has 0 unspecified atom stereocenters. The van der Waals surface area contributed by atoms with E-state index in [1.165, 1.54) is 0 Å². The van der Waals surface area contributed by atoms with Gasteiger partial charge in [0.1, 0.15) is 12.4 Å². The highest BCUT2D eigenvalue weighted by molar-refractivity contribution is 5.98. The van der Waals surface area contributed by atoms with Gasteiger partial charge in [-0.25, -0.2) is 0 Å². The first-order valence-corrected chi connectivity index (χ1v) is 9.76. The molecule has 29 heavy (non-hydrogen) atoms. The van der Waals surface area contributed by atoms with E-state index in [1.54, 1.807) is 31.4 Å². The fraction of sp³-hybridized carbons (Fsp3) is 0.364. The first kappa shape index (κ1) is 22.2. The van der Waals surface area contributed by atoms with Crippen molar-refractivity contribution in [2.75, 3.05) is 44.0 Å². The standard InChI is InChI=1S/C22H29N3O4/c1-3-4-11-23-22(27)17-7-5-9-19(14-17)25-21(26)16-24-18-8-6-10-20(15-18)29-13-12-28-2/h5-10,14-15,24H,3-4,11-13,16H2,1-2H3,(H,23,27)(H,25,26). The highest BCUT2D eigenvalue weighted by Crippen LogP contribution is 2.17.